The Hall–Kier alpha value is -2.37. The predicted molar refractivity (Wildman–Crippen MR) is 85.5 cm³/mol. The van der Waals surface area contributed by atoms with E-state index in [1.54, 1.807) is 6.07 Å². The van der Waals surface area contributed by atoms with E-state index in [2.05, 4.69) is 16.0 Å². The summed E-state index contributed by atoms with van der Waals surface area (Å²) in [7, 11) is 0. The Morgan fingerprint density at radius 2 is 1.73 bits per heavy atom. The van der Waals surface area contributed by atoms with Crippen molar-refractivity contribution in [2.75, 3.05) is 18.4 Å². The second-order valence-electron chi connectivity index (χ2n) is 5.09. The molecule has 0 saturated carbocycles. The van der Waals surface area contributed by atoms with Crippen molar-refractivity contribution in [2.24, 2.45) is 0 Å². The van der Waals surface area contributed by atoms with Crippen LogP contribution in [0.1, 0.15) is 30.9 Å². The number of anilines is 1. The van der Waals surface area contributed by atoms with Crippen LogP contribution in [0.15, 0.2) is 18.2 Å². The Morgan fingerprint density at radius 3 is 2.41 bits per heavy atom. The summed E-state index contributed by atoms with van der Waals surface area (Å²) in [5, 5.41) is 7.50. The van der Waals surface area contributed by atoms with Gasteiger partial charge < -0.3 is 16.0 Å². The van der Waals surface area contributed by atoms with Gasteiger partial charge in [-0.2, -0.15) is 0 Å². The normalized spacial score (nSPS) is 9.95. The van der Waals surface area contributed by atoms with Crippen molar-refractivity contribution in [3.63, 3.8) is 0 Å². The van der Waals surface area contributed by atoms with Crippen LogP contribution in [0.2, 0.25) is 0 Å². The summed E-state index contributed by atoms with van der Waals surface area (Å²) in [6.07, 6.45) is 1.74. The minimum atomic E-state index is -0.799. The molecule has 0 unspecified atom stereocenters. The molecule has 22 heavy (non-hydrogen) atoms. The van der Waals surface area contributed by atoms with Crippen LogP contribution in [0.5, 0.6) is 0 Å². The zero-order valence-electron chi connectivity index (χ0n) is 13.3. The van der Waals surface area contributed by atoms with Crippen LogP contribution >= 0.6 is 0 Å². The van der Waals surface area contributed by atoms with Gasteiger partial charge in [-0.15, -0.1) is 0 Å². The lowest BCUT2D eigenvalue weighted by Crippen LogP contribution is -2.43. The molecule has 6 nitrogen and oxygen atoms in total. The van der Waals surface area contributed by atoms with E-state index in [0.717, 1.165) is 24.0 Å². The fourth-order valence-corrected chi connectivity index (χ4v) is 1.78. The van der Waals surface area contributed by atoms with Gasteiger partial charge in [0.1, 0.15) is 0 Å². The molecular formula is C16H23N3O3. The minimum absolute atomic E-state index is 0.243. The summed E-state index contributed by atoms with van der Waals surface area (Å²) in [5.41, 5.74) is 2.74. The fraction of sp³-hybridized carbons (Fsp3) is 0.438. The van der Waals surface area contributed by atoms with E-state index in [1.165, 1.54) is 0 Å². The molecule has 0 aliphatic heterocycles. The summed E-state index contributed by atoms with van der Waals surface area (Å²) in [5.74, 6) is -1.89. The number of unbranched alkanes of at least 4 members (excludes halogenated alkanes) is 1. The van der Waals surface area contributed by atoms with Gasteiger partial charge in [0.15, 0.2) is 0 Å². The van der Waals surface area contributed by atoms with Gasteiger partial charge in [0.05, 0.1) is 6.54 Å². The van der Waals surface area contributed by atoms with E-state index in [9.17, 15) is 14.4 Å². The van der Waals surface area contributed by atoms with E-state index in [1.807, 2.05) is 32.9 Å². The average molecular weight is 305 g/mol. The number of amides is 3. The Bertz CT molecular complexity index is 556. The summed E-state index contributed by atoms with van der Waals surface area (Å²) in [6, 6.07) is 5.59. The third-order valence-corrected chi connectivity index (χ3v) is 3.31. The molecule has 6 heteroatoms. The van der Waals surface area contributed by atoms with Crippen LogP contribution in [0.3, 0.4) is 0 Å². The highest BCUT2D eigenvalue weighted by atomic mass is 16.2. The van der Waals surface area contributed by atoms with Crippen molar-refractivity contribution in [3.05, 3.63) is 29.3 Å². The SMILES string of the molecule is CCCCNC(=O)C(=O)NCC(=O)Nc1cccc(C)c1C. The molecule has 3 amide bonds. The van der Waals surface area contributed by atoms with Gasteiger partial charge in [-0.05, 0) is 37.5 Å². The first-order chi connectivity index (χ1) is 10.5. The summed E-state index contributed by atoms with van der Waals surface area (Å²) in [6.45, 7) is 6.06. The Balaban J connectivity index is 2.41. The van der Waals surface area contributed by atoms with E-state index < -0.39 is 11.8 Å². The highest BCUT2D eigenvalue weighted by molar-refractivity contribution is 6.35. The maximum Gasteiger partial charge on any atom is 0.309 e. The molecule has 0 atom stereocenters. The number of benzene rings is 1. The summed E-state index contributed by atoms with van der Waals surface area (Å²) < 4.78 is 0. The third kappa shape index (κ3) is 5.55. The van der Waals surface area contributed by atoms with E-state index in [4.69, 9.17) is 0 Å². The molecule has 3 N–H and O–H groups in total. The second kappa shape index (κ2) is 8.81. The molecule has 0 aromatic heterocycles. The highest BCUT2D eigenvalue weighted by Gasteiger charge is 2.14. The first-order valence-electron chi connectivity index (χ1n) is 7.37. The maximum absolute atomic E-state index is 11.8. The molecule has 0 radical (unpaired) electrons. The van der Waals surface area contributed by atoms with Gasteiger partial charge in [-0.3, -0.25) is 14.4 Å². The number of aryl methyl sites for hydroxylation is 1. The van der Waals surface area contributed by atoms with E-state index in [-0.39, 0.29) is 12.5 Å². The lowest BCUT2D eigenvalue weighted by atomic mass is 10.1. The smallest absolute Gasteiger partial charge is 0.309 e. The third-order valence-electron chi connectivity index (χ3n) is 3.31. The standard InChI is InChI=1S/C16H23N3O3/c1-4-5-9-17-15(21)16(22)18-10-14(20)19-13-8-6-7-11(2)12(13)3/h6-8H,4-5,9-10H2,1-3H3,(H,17,21)(H,18,22)(H,19,20). The van der Waals surface area contributed by atoms with Crippen molar-refractivity contribution >= 4 is 23.4 Å². The lowest BCUT2D eigenvalue weighted by Gasteiger charge is -2.11. The van der Waals surface area contributed by atoms with Gasteiger partial charge in [-0.1, -0.05) is 25.5 Å². The zero-order valence-corrected chi connectivity index (χ0v) is 13.3. The number of carbonyl (C=O) groups is 3. The van der Waals surface area contributed by atoms with Gasteiger partial charge in [0.2, 0.25) is 5.91 Å². The molecule has 0 fully saturated rings. The fourth-order valence-electron chi connectivity index (χ4n) is 1.78. The van der Waals surface area contributed by atoms with Crippen LogP contribution in [0.4, 0.5) is 5.69 Å². The molecule has 0 heterocycles. The second-order valence-corrected chi connectivity index (χ2v) is 5.09. The molecule has 0 bridgehead atoms. The van der Waals surface area contributed by atoms with E-state index >= 15 is 0 Å². The number of hydrogen-bond donors (Lipinski definition) is 3. The van der Waals surface area contributed by atoms with Crippen molar-refractivity contribution in [1.29, 1.82) is 0 Å². The highest BCUT2D eigenvalue weighted by Crippen LogP contribution is 2.17. The zero-order chi connectivity index (χ0) is 16.5. The number of carbonyl (C=O) groups excluding carboxylic acids is 3. The van der Waals surface area contributed by atoms with Crippen LogP contribution in [0.25, 0.3) is 0 Å². The van der Waals surface area contributed by atoms with E-state index in [0.29, 0.717) is 12.2 Å². The van der Waals surface area contributed by atoms with Crippen molar-refractivity contribution in [1.82, 2.24) is 10.6 Å². The summed E-state index contributed by atoms with van der Waals surface area (Å²) in [4.78, 5) is 34.8. The predicted octanol–water partition coefficient (Wildman–Crippen LogP) is 1.27. The molecule has 1 rings (SSSR count). The number of nitrogens with one attached hydrogen (secondary N) is 3. The van der Waals surface area contributed by atoms with Crippen molar-refractivity contribution in [3.8, 4) is 0 Å². The Morgan fingerprint density at radius 1 is 1.05 bits per heavy atom. The average Bonchev–Trinajstić information content (AvgIpc) is 2.49. The molecule has 0 aliphatic carbocycles. The van der Waals surface area contributed by atoms with Gasteiger partial charge in [0.25, 0.3) is 0 Å². The van der Waals surface area contributed by atoms with Gasteiger partial charge in [0, 0.05) is 12.2 Å². The topological polar surface area (TPSA) is 87.3 Å². The van der Waals surface area contributed by atoms with Crippen LogP contribution in [0, 0.1) is 13.8 Å². The van der Waals surface area contributed by atoms with Crippen molar-refractivity contribution < 1.29 is 14.4 Å². The molecule has 0 saturated heterocycles. The first-order valence-corrected chi connectivity index (χ1v) is 7.37. The minimum Gasteiger partial charge on any atom is -0.348 e. The first kappa shape index (κ1) is 17.7. The van der Waals surface area contributed by atoms with Crippen LogP contribution < -0.4 is 16.0 Å². The Kier molecular flexibility index (Phi) is 7.08. The Labute approximate surface area is 130 Å². The van der Waals surface area contributed by atoms with Crippen LogP contribution in [-0.4, -0.2) is 30.8 Å². The molecular weight excluding hydrogens is 282 g/mol. The molecule has 0 aliphatic rings. The van der Waals surface area contributed by atoms with Crippen LogP contribution in [-0.2, 0) is 14.4 Å². The number of rotatable bonds is 6. The lowest BCUT2D eigenvalue weighted by molar-refractivity contribution is -0.139. The quantitative estimate of drug-likeness (QED) is 0.546. The molecule has 120 valence electrons. The van der Waals surface area contributed by atoms with Gasteiger partial charge >= 0.3 is 11.8 Å². The molecule has 1 aromatic carbocycles. The summed E-state index contributed by atoms with van der Waals surface area (Å²) >= 11 is 0. The van der Waals surface area contributed by atoms with Gasteiger partial charge in [-0.25, -0.2) is 0 Å². The molecule has 0 spiro atoms. The van der Waals surface area contributed by atoms with Crippen molar-refractivity contribution in [2.45, 2.75) is 33.6 Å². The number of hydrogen-bond acceptors (Lipinski definition) is 3. The molecule has 1 aromatic rings. The monoisotopic (exact) mass is 305 g/mol. The maximum atomic E-state index is 11.8. The largest absolute Gasteiger partial charge is 0.348 e.